The molecule has 4 heteroatoms. The molecule has 0 aromatic heterocycles. The molecule has 2 spiro atoms. The lowest BCUT2D eigenvalue weighted by atomic mass is 9.51. The SMILES string of the molecule is CCC/C=C1\OC(=O)C2=C1CCC13C(CC)C1C1(OC(=O)C4=C1CCC=C4)C23. The molecule has 2 aliphatic heterocycles. The largest absolute Gasteiger partial charge is 0.450 e. The summed E-state index contributed by atoms with van der Waals surface area (Å²) in [6.45, 7) is 4.36. The molecule has 6 aliphatic rings. The number of ether oxygens (including phenoxy) is 2. The highest BCUT2D eigenvalue weighted by Gasteiger charge is 2.91. The summed E-state index contributed by atoms with van der Waals surface area (Å²) in [6.07, 6.45) is 12.9. The van der Waals surface area contributed by atoms with E-state index in [1.54, 1.807) is 0 Å². The Morgan fingerprint density at radius 2 is 2.07 bits per heavy atom. The number of esters is 2. The fourth-order valence-corrected chi connectivity index (χ4v) is 7.52. The Bertz CT molecular complexity index is 948. The van der Waals surface area contributed by atoms with E-state index >= 15 is 0 Å². The zero-order valence-electron chi connectivity index (χ0n) is 16.5. The standard InChI is InChI=1S/C24H26O4/c1-3-5-10-17-14-11-12-23-15(4-2)19(23)24(20(23)18(14)22(26)27-17)16-9-7-6-8-13(16)21(25)28-24/h6,8,10,15,19-20H,3-5,7,9,11-12H2,1-2H3/b17-10-. The zero-order valence-corrected chi connectivity index (χ0v) is 16.5. The van der Waals surface area contributed by atoms with Crippen molar-refractivity contribution in [2.45, 2.75) is 64.4 Å². The molecule has 0 radical (unpaired) electrons. The van der Waals surface area contributed by atoms with Crippen LogP contribution in [0.2, 0.25) is 0 Å². The van der Waals surface area contributed by atoms with E-state index in [2.05, 4.69) is 26.0 Å². The maximum absolute atomic E-state index is 13.0. The molecule has 0 saturated heterocycles. The van der Waals surface area contributed by atoms with Crippen LogP contribution in [0.15, 0.2) is 46.3 Å². The lowest BCUT2D eigenvalue weighted by Crippen LogP contribution is -2.60. The van der Waals surface area contributed by atoms with Crippen LogP contribution < -0.4 is 0 Å². The van der Waals surface area contributed by atoms with Gasteiger partial charge in [0.05, 0.1) is 11.1 Å². The summed E-state index contributed by atoms with van der Waals surface area (Å²) in [4.78, 5) is 25.8. The maximum Gasteiger partial charge on any atom is 0.340 e. The van der Waals surface area contributed by atoms with Crippen LogP contribution in [0.1, 0.15) is 58.8 Å². The zero-order chi connectivity index (χ0) is 19.3. The highest BCUT2D eigenvalue weighted by molar-refractivity contribution is 6.00. The van der Waals surface area contributed by atoms with Crippen molar-refractivity contribution in [3.8, 4) is 0 Å². The van der Waals surface area contributed by atoms with Gasteiger partial charge in [0.25, 0.3) is 0 Å². The van der Waals surface area contributed by atoms with Gasteiger partial charge in [0, 0.05) is 17.4 Å². The minimum Gasteiger partial charge on any atom is -0.450 e. The van der Waals surface area contributed by atoms with E-state index in [-0.39, 0.29) is 23.3 Å². The van der Waals surface area contributed by atoms with Gasteiger partial charge in [0.15, 0.2) is 0 Å². The Morgan fingerprint density at radius 3 is 2.86 bits per heavy atom. The number of fused-ring (bicyclic) bond motifs is 4. The van der Waals surface area contributed by atoms with Gasteiger partial charge >= 0.3 is 11.9 Å². The molecule has 2 saturated carbocycles. The summed E-state index contributed by atoms with van der Waals surface area (Å²) in [5, 5.41) is 0. The monoisotopic (exact) mass is 378 g/mol. The van der Waals surface area contributed by atoms with Gasteiger partial charge in [0.2, 0.25) is 0 Å². The van der Waals surface area contributed by atoms with Crippen molar-refractivity contribution >= 4 is 11.9 Å². The van der Waals surface area contributed by atoms with Gasteiger partial charge in [0.1, 0.15) is 11.4 Å². The molecule has 4 aliphatic carbocycles. The smallest absolute Gasteiger partial charge is 0.340 e. The van der Waals surface area contributed by atoms with Crippen molar-refractivity contribution in [2.24, 2.45) is 23.2 Å². The van der Waals surface area contributed by atoms with E-state index in [1.807, 2.05) is 6.08 Å². The first-order chi connectivity index (χ1) is 13.6. The molecule has 28 heavy (non-hydrogen) atoms. The predicted octanol–water partition coefficient (Wildman–Crippen LogP) is 4.53. The minimum atomic E-state index is -0.585. The van der Waals surface area contributed by atoms with Gasteiger partial charge in [-0.25, -0.2) is 9.59 Å². The molecular formula is C24H26O4. The predicted molar refractivity (Wildman–Crippen MR) is 103 cm³/mol. The first-order valence-corrected chi connectivity index (χ1v) is 10.9. The van der Waals surface area contributed by atoms with Crippen LogP contribution in [0.4, 0.5) is 0 Å². The molecule has 2 heterocycles. The number of cyclic esters (lactones) is 1. The minimum absolute atomic E-state index is 0.0123. The molecule has 0 N–H and O–H groups in total. The Hall–Kier alpha value is -2.10. The summed E-state index contributed by atoms with van der Waals surface area (Å²) in [6, 6.07) is 0. The normalized spacial score (nSPS) is 43.5. The Labute approximate surface area is 165 Å². The number of carbonyl (C=O) groups is 2. The molecule has 0 aromatic carbocycles. The van der Waals surface area contributed by atoms with Crippen LogP contribution in [0, 0.1) is 23.2 Å². The number of rotatable bonds is 3. The molecule has 146 valence electrons. The molecule has 4 nitrogen and oxygen atoms in total. The van der Waals surface area contributed by atoms with Crippen LogP contribution in [-0.2, 0) is 19.1 Å². The third kappa shape index (κ3) is 1.62. The van der Waals surface area contributed by atoms with E-state index in [9.17, 15) is 9.59 Å². The fraction of sp³-hybridized carbons (Fsp3) is 0.583. The number of carbonyl (C=O) groups excluding carboxylic acids is 2. The van der Waals surface area contributed by atoms with Crippen molar-refractivity contribution in [1.82, 2.24) is 0 Å². The summed E-state index contributed by atoms with van der Waals surface area (Å²) < 4.78 is 12.0. The molecule has 5 atom stereocenters. The second-order valence-corrected chi connectivity index (χ2v) is 9.19. The Morgan fingerprint density at radius 1 is 1.21 bits per heavy atom. The lowest BCUT2D eigenvalue weighted by Gasteiger charge is -2.54. The van der Waals surface area contributed by atoms with Gasteiger partial charge in [-0.05, 0) is 55.1 Å². The van der Waals surface area contributed by atoms with Crippen molar-refractivity contribution in [1.29, 1.82) is 0 Å². The Kier molecular flexibility index (Phi) is 3.17. The summed E-state index contributed by atoms with van der Waals surface area (Å²) in [5.74, 6) is 1.28. The van der Waals surface area contributed by atoms with Crippen molar-refractivity contribution in [2.75, 3.05) is 0 Å². The van der Waals surface area contributed by atoms with Gasteiger partial charge in [-0.2, -0.15) is 0 Å². The first kappa shape index (κ1) is 16.8. The molecule has 0 amide bonds. The van der Waals surface area contributed by atoms with E-state index in [4.69, 9.17) is 9.47 Å². The first-order valence-electron chi connectivity index (χ1n) is 10.9. The molecule has 2 fully saturated rings. The molecule has 6 rings (SSSR count). The summed E-state index contributed by atoms with van der Waals surface area (Å²) in [5.41, 5.74) is 3.38. The average Bonchev–Trinajstić information content (AvgIpc) is 2.95. The van der Waals surface area contributed by atoms with Crippen molar-refractivity contribution in [3.05, 3.63) is 46.3 Å². The molecule has 5 unspecified atom stereocenters. The van der Waals surface area contributed by atoms with Gasteiger partial charge in [-0.1, -0.05) is 38.8 Å². The third-order valence-electron chi connectivity index (χ3n) is 8.31. The van der Waals surface area contributed by atoms with Crippen LogP contribution >= 0.6 is 0 Å². The summed E-state index contributed by atoms with van der Waals surface area (Å²) in [7, 11) is 0. The second kappa shape index (κ2) is 5.28. The third-order valence-corrected chi connectivity index (χ3v) is 8.31. The maximum atomic E-state index is 13.0. The topological polar surface area (TPSA) is 52.6 Å². The van der Waals surface area contributed by atoms with Gasteiger partial charge in [-0.15, -0.1) is 0 Å². The lowest BCUT2D eigenvalue weighted by molar-refractivity contribution is -0.173. The number of hydrogen-bond acceptors (Lipinski definition) is 4. The van der Waals surface area contributed by atoms with E-state index in [0.29, 0.717) is 11.8 Å². The van der Waals surface area contributed by atoms with Gasteiger partial charge in [-0.3, -0.25) is 0 Å². The number of hydrogen-bond donors (Lipinski definition) is 0. The van der Waals surface area contributed by atoms with E-state index < -0.39 is 5.60 Å². The Balaban J connectivity index is 1.52. The molecule has 0 aromatic rings. The average molecular weight is 378 g/mol. The molecule has 0 bridgehead atoms. The van der Waals surface area contributed by atoms with Crippen LogP contribution in [0.5, 0.6) is 0 Å². The van der Waals surface area contributed by atoms with Crippen LogP contribution in [-0.4, -0.2) is 17.5 Å². The number of unbranched alkanes of at least 4 members (excludes halogenated alkanes) is 1. The quantitative estimate of drug-likeness (QED) is 0.677. The highest BCUT2D eigenvalue weighted by Crippen LogP contribution is 2.88. The fourth-order valence-electron chi connectivity index (χ4n) is 7.52. The van der Waals surface area contributed by atoms with E-state index in [1.165, 1.54) is 0 Å². The second-order valence-electron chi connectivity index (χ2n) is 9.19. The highest BCUT2D eigenvalue weighted by atomic mass is 16.6. The van der Waals surface area contributed by atoms with Crippen molar-refractivity contribution in [3.63, 3.8) is 0 Å². The van der Waals surface area contributed by atoms with Crippen LogP contribution in [0.3, 0.4) is 0 Å². The van der Waals surface area contributed by atoms with Gasteiger partial charge < -0.3 is 9.47 Å². The van der Waals surface area contributed by atoms with Crippen LogP contribution in [0.25, 0.3) is 0 Å². The molecular weight excluding hydrogens is 352 g/mol. The van der Waals surface area contributed by atoms with E-state index in [0.717, 1.165) is 73.0 Å². The summed E-state index contributed by atoms with van der Waals surface area (Å²) >= 11 is 0. The number of allylic oxidation sites excluding steroid dienone is 3. The van der Waals surface area contributed by atoms with Crippen molar-refractivity contribution < 1.29 is 19.1 Å².